The van der Waals surface area contributed by atoms with Gasteiger partial charge < -0.3 is 19.9 Å². The summed E-state index contributed by atoms with van der Waals surface area (Å²) in [6, 6.07) is 14.0. The van der Waals surface area contributed by atoms with E-state index >= 15 is 0 Å². The molecule has 0 heterocycles. The standard InChI is InChI=1S/C23H27NO4/c1-27-23(26)21-17-10-12-19(24-16-8-5-9-16)22(25)18(17)11-13-20(21)28-14-15-6-3-2-4-7-15/h2-4,6-7,11,13,16,19,22,24-25H,5,8-10,12,14H2,1H3/t19-,22-/m1/s1. The Labute approximate surface area is 165 Å². The molecule has 2 aromatic carbocycles. The number of aliphatic hydroxyl groups is 1. The number of carbonyl (C=O) groups excluding carboxylic acids is 1. The maximum atomic E-state index is 12.5. The van der Waals surface area contributed by atoms with Gasteiger partial charge in [-0.15, -0.1) is 0 Å². The Balaban J connectivity index is 1.59. The minimum atomic E-state index is -0.629. The van der Waals surface area contributed by atoms with Crippen LogP contribution in [0.5, 0.6) is 5.75 Å². The molecular weight excluding hydrogens is 354 g/mol. The second-order valence-corrected chi connectivity index (χ2v) is 7.66. The van der Waals surface area contributed by atoms with Gasteiger partial charge in [-0.1, -0.05) is 42.8 Å². The molecule has 0 aliphatic heterocycles. The summed E-state index contributed by atoms with van der Waals surface area (Å²) in [6.45, 7) is 0.373. The van der Waals surface area contributed by atoms with Crippen LogP contribution in [0, 0.1) is 0 Å². The fourth-order valence-electron chi connectivity index (χ4n) is 4.10. The number of fused-ring (bicyclic) bond motifs is 1. The van der Waals surface area contributed by atoms with Crippen molar-refractivity contribution < 1.29 is 19.4 Å². The van der Waals surface area contributed by atoms with E-state index in [-0.39, 0.29) is 6.04 Å². The van der Waals surface area contributed by atoms with Crippen molar-refractivity contribution >= 4 is 5.97 Å². The van der Waals surface area contributed by atoms with E-state index in [9.17, 15) is 9.90 Å². The number of carbonyl (C=O) groups is 1. The van der Waals surface area contributed by atoms with E-state index in [1.807, 2.05) is 36.4 Å². The molecule has 0 radical (unpaired) electrons. The SMILES string of the molecule is COC(=O)c1c(OCc2ccccc2)ccc2c1CC[C@@H](NC1CCC1)[C@@H]2O. The van der Waals surface area contributed by atoms with Gasteiger partial charge in [0.2, 0.25) is 0 Å². The summed E-state index contributed by atoms with van der Waals surface area (Å²) in [5.74, 6) is 0.0876. The van der Waals surface area contributed by atoms with Crippen molar-refractivity contribution in [1.82, 2.24) is 5.32 Å². The van der Waals surface area contributed by atoms with Crippen LogP contribution in [0.3, 0.4) is 0 Å². The first-order chi connectivity index (χ1) is 13.7. The average molecular weight is 381 g/mol. The zero-order valence-corrected chi connectivity index (χ0v) is 16.2. The summed E-state index contributed by atoms with van der Waals surface area (Å²) in [5.41, 5.74) is 3.12. The number of methoxy groups -OCH3 is 1. The van der Waals surface area contributed by atoms with Crippen LogP contribution in [0.2, 0.25) is 0 Å². The first kappa shape index (κ1) is 19.0. The quantitative estimate of drug-likeness (QED) is 0.749. The fraction of sp³-hybridized carbons (Fsp3) is 0.435. The van der Waals surface area contributed by atoms with Gasteiger partial charge in [0.1, 0.15) is 17.9 Å². The van der Waals surface area contributed by atoms with Crippen molar-refractivity contribution in [3.63, 3.8) is 0 Å². The molecule has 2 aliphatic rings. The highest BCUT2D eigenvalue weighted by Gasteiger charge is 2.34. The summed E-state index contributed by atoms with van der Waals surface area (Å²) < 4.78 is 11.0. The monoisotopic (exact) mass is 381 g/mol. The van der Waals surface area contributed by atoms with Crippen molar-refractivity contribution in [1.29, 1.82) is 0 Å². The highest BCUT2D eigenvalue weighted by molar-refractivity contribution is 5.94. The number of rotatable bonds is 6. The van der Waals surface area contributed by atoms with E-state index in [0.29, 0.717) is 30.4 Å². The minimum Gasteiger partial charge on any atom is -0.488 e. The fourth-order valence-corrected chi connectivity index (χ4v) is 4.10. The number of ether oxygens (including phenoxy) is 2. The van der Waals surface area contributed by atoms with Crippen LogP contribution in [0.4, 0.5) is 0 Å². The summed E-state index contributed by atoms with van der Waals surface area (Å²) in [6.07, 6.45) is 4.48. The molecule has 2 atom stereocenters. The van der Waals surface area contributed by atoms with Crippen LogP contribution in [0.25, 0.3) is 0 Å². The Hall–Kier alpha value is -2.37. The smallest absolute Gasteiger partial charge is 0.341 e. The number of hydrogen-bond donors (Lipinski definition) is 2. The highest BCUT2D eigenvalue weighted by atomic mass is 16.5. The van der Waals surface area contributed by atoms with E-state index in [0.717, 1.165) is 23.1 Å². The van der Waals surface area contributed by atoms with Gasteiger partial charge in [-0.2, -0.15) is 0 Å². The van der Waals surface area contributed by atoms with E-state index in [1.165, 1.54) is 26.4 Å². The molecule has 5 nitrogen and oxygen atoms in total. The maximum Gasteiger partial charge on any atom is 0.341 e. The molecule has 0 saturated heterocycles. The molecule has 148 valence electrons. The number of hydrogen-bond acceptors (Lipinski definition) is 5. The van der Waals surface area contributed by atoms with Crippen LogP contribution in [-0.2, 0) is 17.8 Å². The number of aliphatic hydroxyl groups excluding tert-OH is 1. The van der Waals surface area contributed by atoms with Gasteiger partial charge in [-0.05, 0) is 48.4 Å². The maximum absolute atomic E-state index is 12.5. The van der Waals surface area contributed by atoms with E-state index < -0.39 is 12.1 Å². The third-order valence-electron chi connectivity index (χ3n) is 5.90. The van der Waals surface area contributed by atoms with Gasteiger partial charge in [0.15, 0.2) is 0 Å². The van der Waals surface area contributed by atoms with Crippen molar-refractivity contribution in [3.8, 4) is 5.75 Å². The number of benzene rings is 2. The van der Waals surface area contributed by atoms with Gasteiger partial charge >= 0.3 is 5.97 Å². The molecule has 28 heavy (non-hydrogen) atoms. The molecule has 0 amide bonds. The number of esters is 1. The van der Waals surface area contributed by atoms with Crippen molar-refractivity contribution in [2.45, 2.75) is 56.9 Å². The molecule has 0 bridgehead atoms. The normalized spacial score (nSPS) is 21.5. The van der Waals surface area contributed by atoms with Crippen LogP contribution < -0.4 is 10.1 Å². The Bertz CT molecular complexity index is 832. The van der Waals surface area contributed by atoms with Gasteiger partial charge in [0.25, 0.3) is 0 Å². The summed E-state index contributed by atoms with van der Waals surface area (Å²) in [4.78, 5) is 12.5. The summed E-state index contributed by atoms with van der Waals surface area (Å²) in [7, 11) is 1.38. The lowest BCUT2D eigenvalue weighted by Crippen LogP contribution is -2.47. The molecule has 4 rings (SSSR count). The van der Waals surface area contributed by atoms with E-state index in [1.54, 1.807) is 6.07 Å². The first-order valence-corrected chi connectivity index (χ1v) is 10.0. The first-order valence-electron chi connectivity index (χ1n) is 10.0. The molecule has 0 unspecified atom stereocenters. The summed E-state index contributed by atoms with van der Waals surface area (Å²) >= 11 is 0. The third kappa shape index (κ3) is 3.77. The second-order valence-electron chi connectivity index (χ2n) is 7.66. The lowest BCUT2D eigenvalue weighted by Gasteiger charge is -2.37. The van der Waals surface area contributed by atoms with E-state index in [2.05, 4.69) is 5.32 Å². The molecule has 1 saturated carbocycles. The predicted octanol–water partition coefficient (Wildman–Crippen LogP) is 3.54. The topological polar surface area (TPSA) is 67.8 Å². The second kappa shape index (κ2) is 8.33. The van der Waals surface area contributed by atoms with Gasteiger partial charge in [-0.25, -0.2) is 4.79 Å². The molecule has 1 fully saturated rings. The molecule has 2 aliphatic carbocycles. The third-order valence-corrected chi connectivity index (χ3v) is 5.90. The lowest BCUT2D eigenvalue weighted by atomic mass is 9.81. The lowest BCUT2D eigenvalue weighted by molar-refractivity contribution is 0.0590. The largest absolute Gasteiger partial charge is 0.488 e. The molecular formula is C23H27NO4. The Kier molecular flexibility index (Phi) is 5.64. The van der Waals surface area contributed by atoms with Gasteiger partial charge in [-0.3, -0.25) is 0 Å². The zero-order chi connectivity index (χ0) is 19.5. The van der Waals surface area contributed by atoms with Crippen molar-refractivity contribution in [2.24, 2.45) is 0 Å². The van der Waals surface area contributed by atoms with Gasteiger partial charge in [0, 0.05) is 12.1 Å². The molecule has 2 N–H and O–H groups in total. The Morgan fingerprint density at radius 3 is 2.61 bits per heavy atom. The molecule has 0 aromatic heterocycles. The van der Waals surface area contributed by atoms with Crippen LogP contribution >= 0.6 is 0 Å². The molecule has 2 aromatic rings. The van der Waals surface area contributed by atoms with Crippen molar-refractivity contribution in [2.75, 3.05) is 7.11 Å². The van der Waals surface area contributed by atoms with E-state index in [4.69, 9.17) is 9.47 Å². The van der Waals surface area contributed by atoms with Gasteiger partial charge in [0.05, 0.1) is 13.2 Å². The van der Waals surface area contributed by atoms with Crippen LogP contribution in [0.1, 0.15) is 58.8 Å². The Morgan fingerprint density at radius 2 is 1.93 bits per heavy atom. The zero-order valence-electron chi connectivity index (χ0n) is 16.2. The predicted molar refractivity (Wildman–Crippen MR) is 106 cm³/mol. The number of nitrogens with one attached hydrogen (secondary N) is 1. The summed E-state index contributed by atoms with van der Waals surface area (Å²) in [5, 5.41) is 14.5. The average Bonchev–Trinajstić information content (AvgIpc) is 2.70. The minimum absolute atomic E-state index is 0.0272. The molecule has 5 heteroatoms. The molecule has 0 spiro atoms. The van der Waals surface area contributed by atoms with Crippen molar-refractivity contribution in [3.05, 3.63) is 64.7 Å². The van der Waals surface area contributed by atoms with Crippen LogP contribution in [-0.4, -0.2) is 30.3 Å². The van der Waals surface area contributed by atoms with Crippen LogP contribution in [0.15, 0.2) is 42.5 Å². The Morgan fingerprint density at radius 1 is 1.14 bits per heavy atom. The highest BCUT2D eigenvalue weighted by Crippen LogP contribution is 2.37.